The van der Waals surface area contributed by atoms with Gasteiger partial charge < -0.3 is 9.47 Å². The highest BCUT2D eigenvalue weighted by molar-refractivity contribution is 7.91. The molecule has 2 heterocycles. The minimum Gasteiger partial charge on any atom is -0.350 e. The molecule has 0 bridgehead atoms. The third-order valence-electron chi connectivity index (χ3n) is 5.35. The van der Waals surface area contributed by atoms with Crippen LogP contribution >= 0.6 is 0 Å². The summed E-state index contributed by atoms with van der Waals surface area (Å²) in [6.07, 6.45) is 5.01. The molecule has 134 valence electrons. The van der Waals surface area contributed by atoms with Gasteiger partial charge in [-0.15, -0.1) is 0 Å². The van der Waals surface area contributed by atoms with Crippen molar-refractivity contribution in [3.05, 3.63) is 30.3 Å². The minimum absolute atomic E-state index is 0.0621. The highest BCUT2D eigenvalue weighted by atomic mass is 32.2. The quantitative estimate of drug-likeness (QED) is 0.827. The van der Waals surface area contributed by atoms with E-state index in [9.17, 15) is 8.42 Å². The Hall–Kier alpha value is -0.910. The van der Waals surface area contributed by atoms with Crippen LogP contribution < -0.4 is 0 Å². The summed E-state index contributed by atoms with van der Waals surface area (Å²) in [6, 6.07) is 8.70. The molecule has 1 spiro atoms. The highest BCUT2D eigenvalue weighted by Crippen LogP contribution is 2.41. The number of sulfone groups is 1. The first-order chi connectivity index (χ1) is 11.4. The molecule has 24 heavy (non-hydrogen) atoms. The second-order valence-electron chi connectivity index (χ2n) is 7.39. The van der Waals surface area contributed by atoms with Crippen LogP contribution in [-0.2, 0) is 19.3 Å². The third-order valence-corrected chi connectivity index (χ3v) is 7.31. The van der Waals surface area contributed by atoms with Crippen molar-refractivity contribution in [3.8, 4) is 0 Å². The molecule has 4 atom stereocenters. The molecule has 1 aromatic rings. The van der Waals surface area contributed by atoms with Gasteiger partial charge >= 0.3 is 0 Å². The van der Waals surface area contributed by atoms with Crippen LogP contribution in [0, 0.1) is 11.8 Å². The van der Waals surface area contributed by atoms with Gasteiger partial charge in [-0.05, 0) is 43.2 Å². The van der Waals surface area contributed by atoms with Crippen LogP contribution in [0.5, 0.6) is 0 Å². The zero-order valence-corrected chi connectivity index (χ0v) is 15.4. The van der Waals surface area contributed by atoms with Crippen LogP contribution in [-0.4, -0.2) is 32.7 Å². The molecule has 2 saturated heterocycles. The monoisotopic (exact) mass is 352 g/mol. The second-order valence-corrected chi connectivity index (χ2v) is 9.42. The third kappa shape index (κ3) is 3.84. The SMILES string of the molecule is C[C@@H]1CC[C@]2(CCCCO2)OC1[C@@H](C)CS(=O)(=O)c1ccccc1. The Morgan fingerprint density at radius 3 is 2.62 bits per heavy atom. The zero-order valence-electron chi connectivity index (χ0n) is 14.6. The second kappa shape index (κ2) is 7.14. The summed E-state index contributed by atoms with van der Waals surface area (Å²) in [7, 11) is -3.30. The van der Waals surface area contributed by atoms with Crippen molar-refractivity contribution in [1.29, 1.82) is 0 Å². The average molecular weight is 352 g/mol. The standard InChI is InChI=1S/C19H28O4S/c1-15-10-12-19(11-6-7-13-22-19)23-18(15)16(2)14-24(20,21)17-8-4-3-5-9-17/h3-5,8-9,15-16,18H,6-7,10-14H2,1-2H3/t15-,16+,18?,19+/m1/s1. The fourth-order valence-electron chi connectivity index (χ4n) is 3.99. The van der Waals surface area contributed by atoms with E-state index in [1.807, 2.05) is 13.0 Å². The normalized spacial score (nSPS) is 32.6. The van der Waals surface area contributed by atoms with Gasteiger partial charge in [0.25, 0.3) is 0 Å². The van der Waals surface area contributed by atoms with Gasteiger partial charge in [-0.1, -0.05) is 32.0 Å². The van der Waals surface area contributed by atoms with E-state index in [0.29, 0.717) is 10.8 Å². The van der Waals surface area contributed by atoms with E-state index in [2.05, 4.69) is 6.92 Å². The van der Waals surface area contributed by atoms with Gasteiger partial charge in [0.1, 0.15) is 0 Å². The van der Waals surface area contributed by atoms with Gasteiger partial charge in [0.2, 0.25) is 0 Å². The van der Waals surface area contributed by atoms with E-state index >= 15 is 0 Å². The number of benzene rings is 1. The van der Waals surface area contributed by atoms with Crippen molar-refractivity contribution in [2.75, 3.05) is 12.4 Å². The smallest absolute Gasteiger partial charge is 0.178 e. The number of hydrogen-bond acceptors (Lipinski definition) is 4. The van der Waals surface area contributed by atoms with Crippen molar-refractivity contribution in [3.63, 3.8) is 0 Å². The summed E-state index contributed by atoms with van der Waals surface area (Å²) in [5, 5.41) is 0. The molecule has 0 aliphatic carbocycles. The van der Waals surface area contributed by atoms with E-state index in [-0.39, 0.29) is 17.8 Å². The van der Waals surface area contributed by atoms with Crippen molar-refractivity contribution in [2.45, 2.75) is 62.7 Å². The Labute approximate surface area is 145 Å². The van der Waals surface area contributed by atoms with Crippen molar-refractivity contribution < 1.29 is 17.9 Å². The fraction of sp³-hybridized carbons (Fsp3) is 0.684. The largest absolute Gasteiger partial charge is 0.350 e. The molecule has 3 rings (SSSR count). The van der Waals surface area contributed by atoms with Crippen LogP contribution in [0.1, 0.15) is 46.0 Å². The molecule has 2 aliphatic heterocycles. The summed E-state index contributed by atoms with van der Waals surface area (Å²) in [6.45, 7) is 4.90. The number of rotatable bonds is 4. The Kier molecular flexibility index (Phi) is 5.33. The number of hydrogen-bond donors (Lipinski definition) is 0. The first-order valence-corrected chi connectivity index (χ1v) is 10.7. The van der Waals surface area contributed by atoms with Gasteiger partial charge in [-0.25, -0.2) is 8.42 Å². The van der Waals surface area contributed by atoms with Gasteiger partial charge in [-0.3, -0.25) is 0 Å². The maximum Gasteiger partial charge on any atom is 0.178 e. The van der Waals surface area contributed by atoms with Gasteiger partial charge in [0.05, 0.1) is 23.4 Å². The molecule has 1 aromatic carbocycles. The molecule has 0 saturated carbocycles. The van der Waals surface area contributed by atoms with E-state index in [0.717, 1.165) is 38.7 Å². The first kappa shape index (κ1) is 17.9. The predicted octanol–water partition coefficient (Wildman–Crippen LogP) is 3.81. The van der Waals surface area contributed by atoms with Crippen LogP contribution in [0.4, 0.5) is 0 Å². The van der Waals surface area contributed by atoms with E-state index in [4.69, 9.17) is 9.47 Å². The average Bonchev–Trinajstić information content (AvgIpc) is 2.58. The summed E-state index contributed by atoms with van der Waals surface area (Å²) in [5.41, 5.74) is 0. The van der Waals surface area contributed by atoms with Crippen LogP contribution in [0.2, 0.25) is 0 Å². The van der Waals surface area contributed by atoms with Crippen molar-refractivity contribution >= 4 is 9.84 Å². The molecule has 0 aromatic heterocycles. The lowest BCUT2D eigenvalue weighted by Crippen LogP contribution is -2.50. The lowest BCUT2D eigenvalue weighted by atomic mass is 9.84. The number of ether oxygens (including phenoxy) is 2. The summed E-state index contributed by atoms with van der Waals surface area (Å²) in [5.74, 6) is -0.0718. The molecular weight excluding hydrogens is 324 g/mol. The summed E-state index contributed by atoms with van der Waals surface area (Å²) < 4.78 is 37.7. The van der Waals surface area contributed by atoms with E-state index in [1.54, 1.807) is 24.3 Å². The van der Waals surface area contributed by atoms with Crippen molar-refractivity contribution in [2.24, 2.45) is 11.8 Å². The van der Waals surface area contributed by atoms with Crippen molar-refractivity contribution in [1.82, 2.24) is 0 Å². The Balaban J connectivity index is 1.72. The highest BCUT2D eigenvalue weighted by Gasteiger charge is 2.44. The summed E-state index contributed by atoms with van der Waals surface area (Å²) in [4.78, 5) is 0.393. The molecule has 0 N–H and O–H groups in total. The Morgan fingerprint density at radius 2 is 1.96 bits per heavy atom. The lowest BCUT2D eigenvalue weighted by molar-refractivity contribution is -0.310. The van der Waals surface area contributed by atoms with Gasteiger partial charge in [0, 0.05) is 12.8 Å². The van der Waals surface area contributed by atoms with Gasteiger partial charge in [-0.2, -0.15) is 0 Å². The molecule has 2 aliphatic rings. The predicted molar refractivity (Wildman–Crippen MR) is 93.5 cm³/mol. The lowest BCUT2D eigenvalue weighted by Gasteiger charge is -2.47. The maximum absolute atomic E-state index is 12.7. The molecule has 0 radical (unpaired) electrons. The summed E-state index contributed by atoms with van der Waals surface area (Å²) >= 11 is 0. The zero-order chi connectivity index (χ0) is 17.2. The van der Waals surface area contributed by atoms with E-state index in [1.165, 1.54) is 0 Å². The molecule has 5 heteroatoms. The van der Waals surface area contributed by atoms with Crippen LogP contribution in [0.3, 0.4) is 0 Å². The molecule has 0 amide bonds. The Morgan fingerprint density at radius 1 is 1.21 bits per heavy atom. The molecule has 4 nitrogen and oxygen atoms in total. The molecule has 1 unspecified atom stereocenters. The molecular formula is C19H28O4S. The van der Waals surface area contributed by atoms with Crippen LogP contribution in [0.15, 0.2) is 35.2 Å². The maximum atomic E-state index is 12.7. The van der Waals surface area contributed by atoms with Crippen LogP contribution in [0.25, 0.3) is 0 Å². The van der Waals surface area contributed by atoms with E-state index < -0.39 is 15.6 Å². The Bertz CT molecular complexity index is 635. The topological polar surface area (TPSA) is 52.6 Å². The first-order valence-electron chi connectivity index (χ1n) is 9.01. The minimum atomic E-state index is -3.30. The fourth-order valence-corrected chi connectivity index (χ4v) is 5.64. The molecule has 2 fully saturated rings. The van der Waals surface area contributed by atoms with Gasteiger partial charge in [0.15, 0.2) is 15.6 Å².